The van der Waals surface area contributed by atoms with Gasteiger partial charge in [-0.3, -0.25) is 15.6 Å². The largest absolute Gasteiger partial charge is 0.422 e. The third kappa shape index (κ3) is 2.93. The van der Waals surface area contributed by atoms with Crippen LogP contribution in [-0.2, 0) is 0 Å². The Balaban J connectivity index is 1.58. The summed E-state index contributed by atoms with van der Waals surface area (Å²) < 4.78 is 6.24. The molecule has 0 aliphatic heterocycles. The Labute approximate surface area is 152 Å². The van der Waals surface area contributed by atoms with Gasteiger partial charge in [0.15, 0.2) is 0 Å². The number of nitrogens with one attached hydrogen (secondary N) is 2. The lowest BCUT2D eigenvalue weighted by Crippen LogP contribution is -2.32. The van der Waals surface area contributed by atoms with Crippen molar-refractivity contribution >= 4 is 43.6 Å². The second-order valence-electron chi connectivity index (χ2n) is 6.01. The summed E-state index contributed by atoms with van der Waals surface area (Å²) in [4.78, 5) is 28.9. The summed E-state index contributed by atoms with van der Waals surface area (Å²) in [7, 11) is 0. The first-order chi connectivity index (χ1) is 12.5. The highest BCUT2D eigenvalue weighted by atomic mass is 32.1. The number of aryl methyl sites for hydroxylation is 2. The minimum Gasteiger partial charge on any atom is -0.422 e. The monoisotopic (exact) mass is 365 g/mol. The van der Waals surface area contributed by atoms with E-state index in [4.69, 9.17) is 4.42 Å². The standard InChI is InChI=1S/C19H15N3O3S/c1-10-7-11(2)16-14(8-10)20-19(26-16)22-21-17(23)13-9-12-5-3-4-6-15(12)25-18(13)24/h3-9H,1-2H3,(H,20,22)(H,21,23). The molecule has 0 aliphatic rings. The van der Waals surface area contributed by atoms with E-state index in [0.717, 1.165) is 21.3 Å². The van der Waals surface area contributed by atoms with Crippen molar-refractivity contribution in [2.45, 2.75) is 13.8 Å². The number of fused-ring (bicyclic) bond motifs is 2. The van der Waals surface area contributed by atoms with Gasteiger partial charge in [-0.2, -0.15) is 0 Å². The van der Waals surface area contributed by atoms with Crippen LogP contribution in [0, 0.1) is 13.8 Å². The molecule has 2 aromatic heterocycles. The number of carbonyl (C=O) groups excluding carboxylic acids is 1. The van der Waals surface area contributed by atoms with E-state index in [9.17, 15) is 9.59 Å². The van der Waals surface area contributed by atoms with Crippen LogP contribution in [0.25, 0.3) is 21.2 Å². The van der Waals surface area contributed by atoms with Gasteiger partial charge in [0.1, 0.15) is 11.1 Å². The molecular formula is C19H15N3O3S. The van der Waals surface area contributed by atoms with Gasteiger partial charge in [-0.05, 0) is 43.2 Å². The zero-order chi connectivity index (χ0) is 18.3. The van der Waals surface area contributed by atoms with Crippen molar-refractivity contribution in [1.29, 1.82) is 0 Å². The number of benzene rings is 2. The van der Waals surface area contributed by atoms with Crippen LogP contribution in [0.15, 0.2) is 51.7 Å². The van der Waals surface area contributed by atoms with Gasteiger partial charge >= 0.3 is 5.63 Å². The van der Waals surface area contributed by atoms with Crippen molar-refractivity contribution in [3.63, 3.8) is 0 Å². The maximum Gasteiger partial charge on any atom is 0.349 e. The molecule has 0 unspecified atom stereocenters. The topological polar surface area (TPSA) is 84.2 Å². The second kappa shape index (κ2) is 6.27. The van der Waals surface area contributed by atoms with Crippen molar-refractivity contribution in [3.8, 4) is 0 Å². The molecule has 0 atom stereocenters. The lowest BCUT2D eigenvalue weighted by Gasteiger charge is -2.05. The molecule has 130 valence electrons. The van der Waals surface area contributed by atoms with Crippen LogP contribution in [0.2, 0.25) is 0 Å². The summed E-state index contributed by atoms with van der Waals surface area (Å²) in [5, 5.41) is 1.23. The van der Waals surface area contributed by atoms with E-state index in [1.807, 2.05) is 26.0 Å². The zero-order valence-corrected chi connectivity index (χ0v) is 14.9. The van der Waals surface area contributed by atoms with E-state index in [1.165, 1.54) is 17.4 Å². The number of nitrogens with zero attached hydrogens (tertiary/aromatic N) is 1. The lowest BCUT2D eigenvalue weighted by atomic mass is 10.1. The molecule has 0 saturated carbocycles. The maximum absolute atomic E-state index is 12.4. The molecule has 4 rings (SSSR count). The number of hydrogen-bond acceptors (Lipinski definition) is 6. The van der Waals surface area contributed by atoms with Crippen molar-refractivity contribution < 1.29 is 9.21 Å². The Bertz CT molecular complexity index is 1210. The molecule has 26 heavy (non-hydrogen) atoms. The van der Waals surface area contributed by atoms with Gasteiger partial charge in [-0.15, -0.1) is 0 Å². The van der Waals surface area contributed by atoms with E-state index in [1.54, 1.807) is 18.2 Å². The van der Waals surface area contributed by atoms with Gasteiger partial charge in [0.25, 0.3) is 5.91 Å². The van der Waals surface area contributed by atoms with E-state index >= 15 is 0 Å². The number of hydrazine groups is 1. The summed E-state index contributed by atoms with van der Waals surface area (Å²) in [6.07, 6.45) is 0. The minimum atomic E-state index is -0.682. The van der Waals surface area contributed by atoms with Gasteiger partial charge in [0.05, 0.1) is 10.2 Å². The van der Waals surface area contributed by atoms with Gasteiger partial charge < -0.3 is 4.42 Å². The molecule has 2 N–H and O–H groups in total. The highest BCUT2D eigenvalue weighted by Gasteiger charge is 2.14. The molecule has 2 aromatic carbocycles. The number of hydrogen-bond donors (Lipinski definition) is 2. The first-order valence-electron chi connectivity index (χ1n) is 7.98. The van der Waals surface area contributed by atoms with Gasteiger partial charge in [0, 0.05) is 5.39 Å². The number of amides is 1. The molecular weight excluding hydrogens is 350 g/mol. The molecule has 0 bridgehead atoms. The summed E-state index contributed by atoms with van der Waals surface area (Å²) >= 11 is 1.44. The van der Waals surface area contributed by atoms with Crippen molar-refractivity contribution in [2.24, 2.45) is 0 Å². The average molecular weight is 365 g/mol. The molecule has 0 spiro atoms. The van der Waals surface area contributed by atoms with Crippen LogP contribution in [-0.4, -0.2) is 10.9 Å². The molecule has 4 aromatic rings. The lowest BCUT2D eigenvalue weighted by molar-refractivity contribution is 0.0959. The Hall–Kier alpha value is -3.19. The SMILES string of the molecule is Cc1cc(C)c2sc(NNC(=O)c3cc4ccccc4oc3=O)nc2c1. The van der Waals surface area contributed by atoms with Crippen LogP contribution in [0.3, 0.4) is 0 Å². The van der Waals surface area contributed by atoms with Gasteiger partial charge in [-0.25, -0.2) is 9.78 Å². The van der Waals surface area contributed by atoms with Crippen molar-refractivity contribution in [1.82, 2.24) is 10.4 Å². The fourth-order valence-electron chi connectivity index (χ4n) is 2.83. The number of para-hydroxylation sites is 1. The molecule has 0 fully saturated rings. The van der Waals surface area contributed by atoms with Crippen LogP contribution >= 0.6 is 11.3 Å². The molecule has 2 heterocycles. The van der Waals surface area contributed by atoms with Crippen molar-refractivity contribution in [3.05, 3.63) is 69.6 Å². The summed E-state index contributed by atoms with van der Waals surface area (Å²) in [6.45, 7) is 4.04. The molecule has 6 nitrogen and oxygen atoms in total. The van der Waals surface area contributed by atoms with E-state index < -0.39 is 11.5 Å². The Kier molecular flexibility index (Phi) is 3.93. The van der Waals surface area contributed by atoms with Crippen LogP contribution in [0.1, 0.15) is 21.5 Å². The van der Waals surface area contributed by atoms with Gasteiger partial charge in [0.2, 0.25) is 5.13 Å². The number of aromatic nitrogens is 1. The Morgan fingerprint density at radius 3 is 2.81 bits per heavy atom. The first-order valence-corrected chi connectivity index (χ1v) is 8.80. The maximum atomic E-state index is 12.4. The number of rotatable bonds is 3. The normalized spacial score (nSPS) is 11.0. The Morgan fingerprint density at radius 2 is 1.96 bits per heavy atom. The first kappa shape index (κ1) is 16.3. The number of carbonyl (C=O) groups is 1. The van der Waals surface area contributed by atoms with Crippen LogP contribution < -0.4 is 16.5 Å². The molecule has 1 amide bonds. The van der Waals surface area contributed by atoms with E-state index in [2.05, 4.69) is 21.9 Å². The number of thiazole rings is 1. The van der Waals surface area contributed by atoms with Crippen LogP contribution in [0.5, 0.6) is 0 Å². The predicted octanol–water partition coefficient (Wildman–Crippen LogP) is 3.78. The van der Waals surface area contributed by atoms with E-state index in [0.29, 0.717) is 16.1 Å². The third-order valence-electron chi connectivity index (χ3n) is 3.99. The third-order valence-corrected chi connectivity index (χ3v) is 5.11. The minimum absolute atomic E-state index is 0.0654. The highest BCUT2D eigenvalue weighted by Crippen LogP contribution is 2.29. The molecule has 0 radical (unpaired) electrons. The Morgan fingerprint density at radius 1 is 1.15 bits per heavy atom. The highest BCUT2D eigenvalue weighted by molar-refractivity contribution is 7.22. The molecule has 0 saturated heterocycles. The quantitative estimate of drug-likeness (QED) is 0.426. The van der Waals surface area contributed by atoms with Gasteiger partial charge in [-0.1, -0.05) is 35.6 Å². The summed E-state index contributed by atoms with van der Waals surface area (Å²) in [6, 6.07) is 12.6. The second-order valence-corrected chi connectivity index (χ2v) is 7.01. The fourth-order valence-corrected chi connectivity index (χ4v) is 3.70. The van der Waals surface area contributed by atoms with Crippen LogP contribution in [0.4, 0.5) is 5.13 Å². The molecule has 7 heteroatoms. The summed E-state index contributed by atoms with van der Waals surface area (Å²) in [5.74, 6) is -0.573. The van der Waals surface area contributed by atoms with Crippen molar-refractivity contribution in [2.75, 3.05) is 5.43 Å². The average Bonchev–Trinajstić information content (AvgIpc) is 3.02. The smallest absolute Gasteiger partial charge is 0.349 e. The molecule has 0 aliphatic carbocycles. The van der Waals surface area contributed by atoms with E-state index in [-0.39, 0.29) is 5.56 Å². The number of anilines is 1. The predicted molar refractivity (Wildman–Crippen MR) is 103 cm³/mol. The fraction of sp³-hybridized carbons (Fsp3) is 0.105. The summed E-state index contributed by atoms with van der Waals surface area (Å²) in [5.41, 5.74) is 8.12. The zero-order valence-electron chi connectivity index (χ0n) is 14.1.